The second-order valence-electron chi connectivity index (χ2n) is 8.26. The molecule has 2 aliphatic carbocycles. The molecular formula is C31H28Cl2I3O2V. The van der Waals surface area contributed by atoms with Crippen molar-refractivity contribution in [3.05, 3.63) is 140 Å². The Hall–Kier alpha value is -0.136. The number of carbonyl (C=O) groups is 1. The fourth-order valence-electron chi connectivity index (χ4n) is 4.51. The Balaban J connectivity index is 0.000000235. The van der Waals surface area contributed by atoms with Crippen LogP contribution in [0.3, 0.4) is 0 Å². The van der Waals surface area contributed by atoms with Gasteiger partial charge >= 0.3 is 64.9 Å². The molecule has 2 aliphatic rings. The van der Waals surface area contributed by atoms with Gasteiger partial charge in [-0.25, -0.2) is 0 Å². The number of carbonyl (C=O) groups excluding carboxylic acids is 1. The monoisotopic (exact) mass is 944 g/mol. The van der Waals surface area contributed by atoms with E-state index in [1.165, 1.54) is 0 Å². The van der Waals surface area contributed by atoms with Gasteiger partial charge < -0.3 is 5.11 Å². The normalized spacial score (nSPS) is 22.2. The number of benzene rings is 4. The fraction of sp³-hybridized carbons (Fsp3) is 0.194. The van der Waals surface area contributed by atoms with Crippen LogP contribution in [-0.4, -0.2) is 10.9 Å². The third-order valence-electron chi connectivity index (χ3n) is 6.06. The summed E-state index contributed by atoms with van der Waals surface area (Å²) in [5, 5.41) is 11.1. The number of rotatable bonds is 2. The topological polar surface area (TPSA) is 37.3 Å². The molecule has 0 radical (unpaired) electrons. The Morgan fingerprint density at radius 2 is 1.26 bits per heavy atom. The molecule has 3 atom stereocenters. The van der Waals surface area contributed by atoms with E-state index >= 15 is 0 Å². The maximum atomic E-state index is 12.1. The van der Waals surface area contributed by atoms with Gasteiger partial charge in [-0.3, -0.25) is 4.79 Å². The number of halogens is 5. The molecule has 0 bridgehead atoms. The molecule has 4 aromatic rings. The summed E-state index contributed by atoms with van der Waals surface area (Å²) < 4.78 is 78.6. The van der Waals surface area contributed by atoms with Gasteiger partial charge in [0.25, 0.3) is 0 Å². The Morgan fingerprint density at radius 1 is 0.769 bits per heavy atom. The van der Waals surface area contributed by atoms with Gasteiger partial charge in [0.1, 0.15) is 0 Å². The number of aliphatic hydroxyl groups is 1. The first-order valence-corrected chi connectivity index (χ1v) is 25.4. The van der Waals surface area contributed by atoms with E-state index in [9.17, 15) is 9.90 Å². The van der Waals surface area contributed by atoms with E-state index in [4.69, 9.17) is 36.9 Å². The first-order chi connectivity index (χ1) is 22.4. The van der Waals surface area contributed by atoms with Crippen LogP contribution in [0.1, 0.15) is 90.1 Å². The van der Waals surface area contributed by atoms with Crippen molar-refractivity contribution in [3.63, 3.8) is 0 Å². The average Bonchev–Trinajstić information content (AvgIpc) is 3.52. The summed E-state index contributed by atoms with van der Waals surface area (Å²) in [6.45, 7) is 0. The van der Waals surface area contributed by atoms with Gasteiger partial charge in [0.2, 0.25) is 0 Å². The van der Waals surface area contributed by atoms with Gasteiger partial charge in [0.05, 0.1) is 19.8 Å². The molecule has 1 N–H and O–H groups in total. The van der Waals surface area contributed by atoms with Crippen LogP contribution in [0, 0.1) is 0 Å². The van der Waals surface area contributed by atoms with Crippen molar-refractivity contribution >= 4 is 88.9 Å². The van der Waals surface area contributed by atoms with Crippen molar-refractivity contribution in [2.75, 3.05) is 0 Å². The van der Waals surface area contributed by atoms with Crippen molar-refractivity contribution in [3.8, 4) is 0 Å². The SMILES string of the molecule is C.[2H]c1c([2H])c([2H])c(C2CC(=O)c3cc(Cl)ccc32)c([2H])c1[2H].[2H]c1c([2H])c([2H])c([C@@H]2C[C@H](O)c3cc(Cl)ccc32)c([2H])c1[2H].[I][V]([I])[I]. The molecule has 1 unspecified atom stereocenters. The molecule has 4 aromatic carbocycles. The summed E-state index contributed by atoms with van der Waals surface area (Å²) in [5.41, 5.74) is 2.93. The molecule has 0 aliphatic heterocycles. The van der Waals surface area contributed by atoms with Crippen LogP contribution >= 0.6 is 83.1 Å². The van der Waals surface area contributed by atoms with Gasteiger partial charge in [-0.15, -0.1) is 0 Å². The number of fused-ring (bicyclic) bond motifs is 2. The van der Waals surface area contributed by atoms with E-state index in [1.807, 2.05) is 0 Å². The summed E-state index contributed by atoms with van der Waals surface area (Å²) >= 11 is 19.2. The molecule has 0 fully saturated rings. The quantitative estimate of drug-likeness (QED) is 0.203. The van der Waals surface area contributed by atoms with Crippen molar-refractivity contribution in [1.29, 1.82) is 0 Å². The van der Waals surface area contributed by atoms with Crippen molar-refractivity contribution < 1.29 is 28.5 Å². The van der Waals surface area contributed by atoms with Gasteiger partial charge in [0, 0.05) is 33.9 Å². The van der Waals surface area contributed by atoms with E-state index in [1.54, 1.807) is 36.4 Å². The third kappa shape index (κ3) is 8.93. The molecule has 0 saturated heterocycles. The summed E-state index contributed by atoms with van der Waals surface area (Å²) in [6.07, 6.45) is -0.385. The van der Waals surface area contributed by atoms with Gasteiger partial charge in [-0.1, -0.05) is 103 Å². The van der Waals surface area contributed by atoms with Crippen LogP contribution in [0.5, 0.6) is 0 Å². The third-order valence-corrected chi connectivity index (χ3v) is 6.53. The van der Waals surface area contributed by atoms with Crippen LogP contribution in [-0.2, 0) is 4.92 Å². The molecule has 0 saturated carbocycles. The van der Waals surface area contributed by atoms with E-state index < -0.39 is 30.0 Å². The zero-order chi connectivity index (χ0) is 35.9. The van der Waals surface area contributed by atoms with Gasteiger partial charge in [0.15, 0.2) is 5.78 Å². The van der Waals surface area contributed by atoms with Crippen LogP contribution < -0.4 is 0 Å². The molecule has 204 valence electrons. The second-order valence-corrected chi connectivity index (χ2v) is 44.5. The van der Waals surface area contributed by atoms with Crippen molar-refractivity contribution in [1.82, 2.24) is 0 Å². The van der Waals surface area contributed by atoms with Crippen molar-refractivity contribution in [2.24, 2.45) is 0 Å². The Morgan fingerprint density at radius 3 is 1.82 bits per heavy atom. The van der Waals surface area contributed by atoms with E-state index in [0.717, 1.165) is 5.56 Å². The average molecular weight is 945 g/mol. The van der Waals surface area contributed by atoms with Gasteiger partial charge in [-0.05, 0) is 58.5 Å². The van der Waals surface area contributed by atoms with E-state index in [-0.39, 0.29) is 90.4 Å². The summed E-state index contributed by atoms with van der Waals surface area (Å²) in [5.74, 6) is -1.10. The maximum absolute atomic E-state index is 12.1. The number of ketones is 1. The van der Waals surface area contributed by atoms with Crippen LogP contribution in [0.4, 0.5) is 0 Å². The standard InChI is InChI=1S/C15H13ClO.C15H11ClO.CH4.3HI.V/c2*16-11-6-7-12-13(9-15(17)14(12)8-11)10-4-2-1-3-5-10;;;;;/h1-8,13,15,17H,9H2;1-8,13H,9H2;1H4;3*1H;/q;;;;;;+3/p-3/t13-,15-;;;;;;/m0....../s1/i2*1D,2D,3D,4D,5D;;;;;. The molecule has 0 aromatic heterocycles. The number of hydrogen-bond donors (Lipinski definition) is 1. The molecule has 8 heteroatoms. The summed E-state index contributed by atoms with van der Waals surface area (Å²) in [4.78, 5) is 11.9. The predicted octanol–water partition coefficient (Wildman–Crippen LogP) is 11.3. The first kappa shape index (κ1) is 21.5. The minimum absolute atomic E-state index is 0. The van der Waals surface area contributed by atoms with Crippen molar-refractivity contribution in [2.45, 2.75) is 38.2 Å². The molecule has 0 spiro atoms. The van der Waals surface area contributed by atoms with Crippen LogP contribution in [0.2, 0.25) is 10.0 Å². The Labute approximate surface area is 293 Å². The zero-order valence-corrected chi connectivity index (χ0v) is 28.7. The second kappa shape index (κ2) is 15.9. The van der Waals surface area contributed by atoms with E-state index in [0.29, 0.717) is 26.7 Å². The predicted molar refractivity (Wildman–Crippen MR) is 187 cm³/mol. The first-order valence-electron chi connectivity index (χ1n) is 16.1. The van der Waals surface area contributed by atoms with Crippen LogP contribution in [0.25, 0.3) is 0 Å². The minimum atomic E-state index is -0.753. The number of aliphatic hydroxyl groups excluding tert-OH is 1. The van der Waals surface area contributed by atoms with E-state index in [2.05, 4.69) is 59.9 Å². The Kier molecular flexibility index (Phi) is 8.79. The summed E-state index contributed by atoms with van der Waals surface area (Å²) in [7, 11) is 0. The van der Waals surface area contributed by atoms with Gasteiger partial charge in [-0.2, -0.15) is 0 Å². The molecule has 0 heterocycles. The summed E-state index contributed by atoms with van der Waals surface area (Å²) in [6, 6.07) is 6.72. The molecule has 0 amide bonds. The zero-order valence-electron chi connectivity index (χ0n) is 29.3. The number of hydrogen-bond acceptors (Lipinski definition) is 2. The molecule has 39 heavy (non-hydrogen) atoms. The molecule has 6 rings (SSSR count). The number of Topliss-reactive ketones (excluding diaryl/α,β-unsaturated/α-hetero) is 1. The molecule has 2 nitrogen and oxygen atoms in total. The molecular weight excluding hydrogens is 907 g/mol. The fourth-order valence-corrected chi connectivity index (χ4v) is 4.86. The Bertz CT molecular complexity index is 1880. The van der Waals surface area contributed by atoms with Crippen LogP contribution in [0.15, 0.2) is 96.8 Å².